The van der Waals surface area contributed by atoms with Crippen molar-refractivity contribution < 1.29 is 4.79 Å². The summed E-state index contributed by atoms with van der Waals surface area (Å²) in [7, 11) is 0. The van der Waals surface area contributed by atoms with E-state index in [1.807, 2.05) is 0 Å². The predicted molar refractivity (Wildman–Crippen MR) is 70.9 cm³/mol. The molecule has 0 aliphatic heterocycles. The molecule has 1 aliphatic rings. The predicted octanol–water partition coefficient (Wildman–Crippen LogP) is 1.53. The van der Waals surface area contributed by atoms with Gasteiger partial charge in [-0.3, -0.25) is 15.6 Å². The number of hydrazine groups is 1. The number of amides is 1. The fourth-order valence-electron chi connectivity index (χ4n) is 2.47. The molecule has 0 bridgehead atoms. The van der Waals surface area contributed by atoms with Crippen molar-refractivity contribution in [3.8, 4) is 0 Å². The number of carbonyl (C=O) groups is 1. The smallest absolute Gasteiger partial charge is 0.255 e. The highest BCUT2D eigenvalue weighted by molar-refractivity contribution is 5.99. The van der Waals surface area contributed by atoms with Crippen LogP contribution in [0.4, 0.5) is 5.69 Å². The highest BCUT2D eigenvalue weighted by atomic mass is 16.1. The Bertz CT molecular complexity index is 468. The number of nitrogens with one attached hydrogen (secondary N) is 2. The van der Waals surface area contributed by atoms with Crippen molar-refractivity contribution in [3.05, 3.63) is 24.0 Å². The molecule has 1 amide bonds. The summed E-state index contributed by atoms with van der Waals surface area (Å²) in [6.45, 7) is 8.62. The monoisotopic (exact) mass is 248 g/mol. The summed E-state index contributed by atoms with van der Waals surface area (Å²) >= 11 is 0. The Balaban J connectivity index is 2.15. The van der Waals surface area contributed by atoms with E-state index < -0.39 is 0 Å². The number of nitrogen functional groups attached to an aromatic ring is 1. The van der Waals surface area contributed by atoms with Crippen molar-refractivity contribution >= 4 is 11.6 Å². The number of carbonyl (C=O) groups excluding carboxylic acids is 1. The van der Waals surface area contributed by atoms with E-state index >= 15 is 0 Å². The van der Waals surface area contributed by atoms with Crippen LogP contribution in [0, 0.1) is 10.8 Å². The maximum Gasteiger partial charge on any atom is 0.255 e. The van der Waals surface area contributed by atoms with E-state index in [-0.39, 0.29) is 22.8 Å². The summed E-state index contributed by atoms with van der Waals surface area (Å²) < 4.78 is 0. The number of nitrogens with two attached hydrogens (primary N) is 1. The van der Waals surface area contributed by atoms with Crippen molar-refractivity contribution in [2.24, 2.45) is 16.7 Å². The van der Waals surface area contributed by atoms with Gasteiger partial charge in [0, 0.05) is 18.4 Å². The van der Waals surface area contributed by atoms with Gasteiger partial charge in [-0.15, -0.1) is 0 Å². The average molecular weight is 248 g/mol. The van der Waals surface area contributed by atoms with Gasteiger partial charge in [0.05, 0.1) is 11.3 Å². The first-order valence-corrected chi connectivity index (χ1v) is 6.04. The molecule has 0 atom stereocenters. The van der Waals surface area contributed by atoms with Crippen LogP contribution >= 0.6 is 0 Å². The van der Waals surface area contributed by atoms with E-state index in [2.05, 4.69) is 43.4 Å². The second-order valence-electron chi connectivity index (χ2n) is 5.92. The SMILES string of the molecule is CC1(C)C(NC(=O)c2cnccc2NN)C1(C)C. The fourth-order valence-corrected chi connectivity index (χ4v) is 2.47. The zero-order valence-corrected chi connectivity index (χ0v) is 11.2. The molecule has 98 valence electrons. The Morgan fingerprint density at radius 1 is 1.33 bits per heavy atom. The Kier molecular flexibility index (Phi) is 2.81. The summed E-state index contributed by atoms with van der Waals surface area (Å²) in [5.41, 5.74) is 3.79. The molecule has 0 saturated heterocycles. The molecule has 0 unspecified atom stereocenters. The number of nitrogens with zero attached hydrogens (tertiary/aromatic N) is 1. The molecule has 18 heavy (non-hydrogen) atoms. The molecule has 0 radical (unpaired) electrons. The molecule has 1 aliphatic carbocycles. The average Bonchev–Trinajstić information content (AvgIpc) is 2.71. The Labute approximate surface area is 107 Å². The molecular weight excluding hydrogens is 228 g/mol. The normalized spacial score (nSPS) is 20.3. The van der Waals surface area contributed by atoms with Gasteiger partial charge in [0.1, 0.15) is 0 Å². The van der Waals surface area contributed by atoms with Gasteiger partial charge in [0.15, 0.2) is 0 Å². The molecule has 1 fully saturated rings. The summed E-state index contributed by atoms with van der Waals surface area (Å²) in [5.74, 6) is 5.24. The Morgan fingerprint density at radius 2 is 1.94 bits per heavy atom. The van der Waals surface area contributed by atoms with Crippen LogP contribution in [0.15, 0.2) is 18.5 Å². The zero-order chi connectivity index (χ0) is 13.6. The highest BCUT2D eigenvalue weighted by Gasteiger charge is 2.65. The first-order chi connectivity index (χ1) is 8.32. The maximum absolute atomic E-state index is 12.2. The molecule has 0 aromatic carbocycles. The van der Waals surface area contributed by atoms with Gasteiger partial charge in [-0.2, -0.15) is 0 Å². The van der Waals surface area contributed by atoms with E-state index in [1.54, 1.807) is 12.3 Å². The quantitative estimate of drug-likeness (QED) is 0.560. The second-order valence-corrected chi connectivity index (χ2v) is 5.92. The van der Waals surface area contributed by atoms with E-state index in [4.69, 9.17) is 5.84 Å². The highest BCUT2D eigenvalue weighted by Crippen LogP contribution is 2.62. The molecule has 1 aromatic heterocycles. The Morgan fingerprint density at radius 3 is 2.44 bits per heavy atom. The number of hydrogen-bond acceptors (Lipinski definition) is 4. The van der Waals surface area contributed by atoms with Gasteiger partial charge in [0.25, 0.3) is 5.91 Å². The maximum atomic E-state index is 12.2. The summed E-state index contributed by atoms with van der Waals surface area (Å²) in [6.07, 6.45) is 3.11. The summed E-state index contributed by atoms with van der Waals surface area (Å²) in [5, 5.41) is 3.05. The van der Waals surface area contributed by atoms with Gasteiger partial charge < -0.3 is 10.7 Å². The number of anilines is 1. The topological polar surface area (TPSA) is 80.0 Å². The lowest BCUT2D eigenvalue weighted by atomic mass is 10.0. The first-order valence-electron chi connectivity index (χ1n) is 6.04. The third kappa shape index (κ3) is 1.75. The van der Waals surface area contributed by atoms with Gasteiger partial charge in [-0.25, -0.2) is 0 Å². The van der Waals surface area contributed by atoms with E-state index in [1.165, 1.54) is 6.20 Å². The number of rotatable bonds is 3. The van der Waals surface area contributed by atoms with Crippen LogP contribution in [0.1, 0.15) is 38.1 Å². The molecule has 4 N–H and O–H groups in total. The molecule has 1 heterocycles. The van der Waals surface area contributed by atoms with Crippen molar-refractivity contribution in [2.45, 2.75) is 33.7 Å². The fraction of sp³-hybridized carbons (Fsp3) is 0.538. The molecule has 5 heteroatoms. The van der Waals surface area contributed by atoms with Crippen molar-refractivity contribution in [3.63, 3.8) is 0 Å². The lowest BCUT2D eigenvalue weighted by molar-refractivity contribution is 0.0944. The van der Waals surface area contributed by atoms with E-state index in [0.29, 0.717) is 11.3 Å². The van der Waals surface area contributed by atoms with Gasteiger partial charge >= 0.3 is 0 Å². The third-order valence-electron chi connectivity index (χ3n) is 4.52. The van der Waals surface area contributed by atoms with Crippen LogP contribution < -0.4 is 16.6 Å². The van der Waals surface area contributed by atoms with Crippen molar-refractivity contribution in [1.29, 1.82) is 0 Å². The minimum atomic E-state index is -0.139. The number of aromatic nitrogens is 1. The third-order valence-corrected chi connectivity index (χ3v) is 4.52. The van der Waals surface area contributed by atoms with Crippen LogP contribution in [0.5, 0.6) is 0 Å². The van der Waals surface area contributed by atoms with Crippen LogP contribution in [-0.4, -0.2) is 16.9 Å². The van der Waals surface area contributed by atoms with Crippen molar-refractivity contribution in [1.82, 2.24) is 10.3 Å². The molecular formula is C13H20N4O. The molecule has 1 saturated carbocycles. The van der Waals surface area contributed by atoms with E-state index in [0.717, 1.165) is 0 Å². The summed E-state index contributed by atoms with van der Waals surface area (Å²) in [6, 6.07) is 1.85. The molecule has 5 nitrogen and oxygen atoms in total. The largest absolute Gasteiger partial charge is 0.348 e. The van der Waals surface area contributed by atoms with Crippen LogP contribution in [0.2, 0.25) is 0 Å². The van der Waals surface area contributed by atoms with Crippen LogP contribution in [0.3, 0.4) is 0 Å². The standard InChI is InChI=1S/C13H20N4O/c1-12(2)11(13(12,3)4)16-10(18)8-7-15-6-5-9(8)17-14/h5-7,11H,14H2,1-4H3,(H,15,17)(H,16,18). The second kappa shape index (κ2) is 3.95. The lowest BCUT2D eigenvalue weighted by Crippen LogP contribution is -2.30. The molecule has 2 rings (SSSR count). The van der Waals surface area contributed by atoms with Gasteiger partial charge in [0.2, 0.25) is 0 Å². The number of hydrogen-bond donors (Lipinski definition) is 3. The van der Waals surface area contributed by atoms with Crippen LogP contribution in [0.25, 0.3) is 0 Å². The van der Waals surface area contributed by atoms with Crippen LogP contribution in [-0.2, 0) is 0 Å². The van der Waals surface area contributed by atoms with Gasteiger partial charge in [-0.1, -0.05) is 27.7 Å². The molecule has 1 aromatic rings. The van der Waals surface area contributed by atoms with Crippen molar-refractivity contribution in [2.75, 3.05) is 5.43 Å². The van der Waals surface area contributed by atoms with Gasteiger partial charge in [-0.05, 0) is 16.9 Å². The molecule has 0 spiro atoms. The Hall–Kier alpha value is -1.62. The number of pyridine rings is 1. The minimum Gasteiger partial charge on any atom is -0.348 e. The lowest BCUT2D eigenvalue weighted by Gasteiger charge is -2.10. The minimum absolute atomic E-state index is 0.112. The zero-order valence-electron chi connectivity index (χ0n) is 11.2. The first kappa shape index (κ1) is 12.8. The summed E-state index contributed by atoms with van der Waals surface area (Å²) in [4.78, 5) is 16.2. The van der Waals surface area contributed by atoms with E-state index in [9.17, 15) is 4.79 Å².